The van der Waals surface area contributed by atoms with Gasteiger partial charge in [0.2, 0.25) is 5.91 Å². The van der Waals surface area contributed by atoms with Crippen LogP contribution < -0.4 is 5.32 Å². The predicted molar refractivity (Wildman–Crippen MR) is 139 cm³/mol. The van der Waals surface area contributed by atoms with Crippen LogP contribution in [0.1, 0.15) is 80.5 Å². The zero-order valence-electron chi connectivity index (χ0n) is 21.4. The van der Waals surface area contributed by atoms with Crippen LogP contribution in [0.2, 0.25) is 0 Å². The highest BCUT2D eigenvalue weighted by molar-refractivity contribution is 6.00. The van der Waals surface area contributed by atoms with E-state index in [0.29, 0.717) is 18.2 Å². The molecule has 1 atom stereocenters. The highest BCUT2D eigenvalue weighted by Gasteiger charge is 2.48. The highest BCUT2D eigenvalue weighted by Crippen LogP contribution is 2.32. The molecule has 2 aromatic heterocycles. The smallest absolute Gasteiger partial charge is 0.273 e. The summed E-state index contributed by atoms with van der Waals surface area (Å²) in [5, 5.41) is 8.04. The SMILES string of the molecule is CC(C)c1ccc(-c2cc3n(n2)CC(C)(C(=O)NC2CCCCC2)N(Cc2ccccn2)C3=O)cc1. The van der Waals surface area contributed by atoms with Crippen molar-refractivity contribution in [2.24, 2.45) is 0 Å². The van der Waals surface area contributed by atoms with Gasteiger partial charge >= 0.3 is 0 Å². The summed E-state index contributed by atoms with van der Waals surface area (Å²) in [7, 11) is 0. The van der Waals surface area contributed by atoms with Gasteiger partial charge in [-0.15, -0.1) is 0 Å². The van der Waals surface area contributed by atoms with E-state index >= 15 is 0 Å². The Hall–Kier alpha value is -3.48. The maximum absolute atomic E-state index is 13.9. The van der Waals surface area contributed by atoms with E-state index in [2.05, 4.69) is 48.4 Å². The van der Waals surface area contributed by atoms with E-state index in [0.717, 1.165) is 42.6 Å². The molecule has 1 aromatic carbocycles. The summed E-state index contributed by atoms with van der Waals surface area (Å²) in [6.07, 6.45) is 7.15. The molecule has 3 aromatic rings. The van der Waals surface area contributed by atoms with E-state index in [1.54, 1.807) is 15.8 Å². The van der Waals surface area contributed by atoms with Crippen LogP contribution in [0.5, 0.6) is 0 Å². The number of amides is 2. The number of rotatable bonds is 6. The van der Waals surface area contributed by atoms with E-state index in [1.165, 1.54) is 12.0 Å². The zero-order chi connectivity index (χ0) is 25.3. The summed E-state index contributed by atoms with van der Waals surface area (Å²) in [6, 6.07) is 16.0. The van der Waals surface area contributed by atoms with Crippen LogP contribution in [0.15, 0.2) is 54.7 Å². The largest absolute Gasteiger partial charge is 0.351 e. The van der Waals surface area contributed by atoms with Gasteiger partial charge in [-0.05, 0) is 49.4 Å². The van der Waals surface area contributed by atoms with Crippen molar-refractivity contribution in [3.05, 3.63) is 71.7 Å². The number of aromatic nitrogens is 3. The fourth-order valence-corrected chi connectivity index (χ4v) is 5.31. The molecule has 7 nitrogen and oxygen atoms in total. The zero-order valence-corrected chi connectivity index (χ0v) is 21.4. The van der Waals surface area contributed by atoms with Gasteiger partial charge < -0.3 is 10.2 Å². The molecule has 0 radical (unpaired) electrons. The number of fused-ring (bicyclic) bond motifs is 1. The predicted octanol–water partition coefficient (Wildman–Crippen LogP) is 4.93. The Balaban J connectivity index is 1.49. The van der Waals surface area contributed by atoms with Crippen molar-refractivity contribution >= 4 is 11.8 Å². The minimum atomic E-state index is -1.08. The first kappa shape index (κ1) is 24.2. The first-order valence-corrected chi connectivity index (χ1v) is 13.1. The summed E-state index contributed by atoms with van der Waals surface area (Å²) in [5.74, 6) is 0.118. The Kier molecular flexibility index (Phi) is 6.65. The molecule has 0 saturated heterocycles. The van der Waals surface area contributed by atoms with E-state index < -0.39 is 5.54 Å². The molecule has 0 spiro atoms. The lowest BCUT2D eigenvalue weighted by atomic mass is 9.91. The molecule has 1 fully saturated rings. The molecule has 1 unspecified atom stereocenters. The Morgan fingerprint density at radius 1 is 1.11 bits per heavy atom. The first-order chi connectivity index (χ1) is 17.3. The van der Waals surface area contributed by atoms with Gasteiger partial charge in [0.15, 0.2) is 0 Å². The minimum Gasteiger partial charge on any atom is -0.351 e. The van der Waals surface area contributed by atoms with Gasteiger partial charge in [-0.3, -0.25) is 19.3 Å². The van der Waals surface area contributed by atoms with Gasteiger partial charge in [0.25, 0.3) is 5.91 Å². The quantitative estimate of drug-likeness (QED) is 0.537. The summed E-state index contributed by atoms with van der Waals surface area (Å²) in [5.41, 5.74) is 3.12. The van der Waals surface area contributed by atoms with Crippen LogP contribution in [0.4, 0.5) is 0 Å². The Bertz CT molecular complexity index is 1230. The molecule has 1 aliphatic carbocycles. The molecule has 1 N–H and O–H groups in total. The Morgan fingerprint density at radius 3 is 2.53 bits per heavy atom. The van der Waals surface area contributed by atoms with Crippen molar-refractivity contribution < 1.29 is 9.59 Å². The second kappa shape index (κ2) is 9.88. The van der Waals surface area contributed by atoms with E-state index in [9.17, 15) is 9.59 Å². The summed E-state index contributed by atoms with van der Waals surface area (Å²) < 4.78 is 1.71. The number of hydrogen-bond acceptors (Lipinski definition) is 4. The van der Waals surface area contributed by atoms with Gasteiger partial charge in [0.1, 0.15) is 11.2 Å². The number of nitrogens with one attached hydrogen (secondary N) is 1. The fourth-order valence-electron chi connectivity index (χ4n) is 5.31. The van der Waals surface area contributed by atoms with Crippen LogP contribution >= 0.6 is 0 Å². The number of nitrogens with zero attached hydrogens (tertiary/aromatic N) is 4. The van der Waals surface area contributed by atoms with Crippen LogP contribution in [0.3, 0.4) is 0 Å². The lowest BCUT2D eigenvalue weighted by molar-refractivity contribution is -0.134. The monoisotopic (exact) mass is 485 g/mol. The normalized spacial score (nSPS) is 20.4. The number of carbonyl (C=O) groups is 2. The lowest BCUT2D eigenvalue weighted by Crippen LogP contribution is -2.64. The molecular weight excluding hydrogens is 450 g/mol. The number of carbonyl (C=O) groups excluding carboxylic acids is 2. The topological polar surface area (TPSA) is 80.1 Å². The molecule has 5 rings (SSSR count). The first-order valence-electron chi connectivity index (χ1n) is 13.1. The van der Waals surface area contributed by atoms with E-state index in [4.69, 9.17) is 5.10 Å². The van der Waals surface area contributed by atoms with Crippen LogP contribution in [0.25, 0.3) is 11.3 Å². The third-order valence-corrected chi connectivity index (χ3v) is 7.65. The average Bonchev–Trinajstić information content (AvgIpc) is 3.32. The van der Waals surface area contributed by atoms with Crippen molar-refractivity contribution in [3.63, 3.8) is 0 Å². The molecule has 7 heteroatoms. The Labute approximate surface area is 212 Å². The maximum Gasteiger partial charge on any atom is 0.273 e. The molecule has 0 bridgehead atoms. The molecule has 2 amide bonds. The number of hydrogen-bond donors (Lipinski definition) is 1. The molecule has 3 heterocycles. The molecular formula is C29H35N5O2. The fraction of sp³-hybridized carbons (Fsp3) is 0.448. The average molecular weight is 486 g/mol. The second-order valence-electron chi connectivity index (χ2n) is 10.6. The molecule has 2 aliphatic rings. The molecule has 188 valence electrons. The summed E-state index contributed by atoms with van der Waals surface area (Å²) >= 11 is 0. The van der Waals surface area contributed by atoms with Crippen molar-refractivity contribution in [2.75, 3.05) is 0 Å². The maximum atomic E-state index is 13.9. The van der Waals surface area contributed by atoms with Crippen LogP contribution in [-0.2, 0) is 17.9 Å². The minimum absolute atomic E-state index is 0.123. The summed E-state index contributed by atoms with van der Waals surface area (Å²) in [6.45, 7) is 6.74. The van der Waals surface area contributed by atoms with Crippen molar-refractivity contribution in [1.29, 1.82) is 0 Å². The van der Waals surface area contributed by atoms with Gasteiger partial charge in [0, 0.05) is 17.8 Å². The van der Waals surface area contributed by atoms with Gasteiger partial charge in [0.05, 0.1) is 24.5 Å². The van der Waals surface area contributed by atoms with Crippen molar-refractivity contribution in [2.45, 2.75) is 83.5 Å². The van der Waals surface area contributed by atoms with Crippen molar-refractivity contribution in [1.82, 2.24) is 25.0 Å². The van der Waals surface area contributed by atoms with Crippen molar-refractivity contribution in [3.8, 4) is 11.3 Å². The van der Waals surface area contributed by atoms with Gasteiger partial charge in [-0.25, -0.2) is 0 Å². The van der Waals surface area contributed by atoms with E-state index in [1.807, 2.05) is 31.2 Å². The van der Waals surface area contributed by atoms with Gasteiger partial charge in [-0.1, -0.05) is 63.4 Å². The molecule has 1 saturated carbocycles. The second-order valence-corrected chi connectivity index (χ2v) is 10.6. The van der Waals surface area contributed by atoms with Crippen LogP contribution in [0, 0.1) is 0 Å². The van der Waals surface area contributed by atoms with E-state index in [-0.39, 0.29) is 24.4 Å². The third-order valence-electron chi connectivity index (χ3n) is 7.65. The Morgan fingerprint density at radius 2 is 1.86 bits per heavy atom. The van der Waals surface area contributed by atoms with Crippen LogP contribution in [-0.4, -0.2) is 43.1 Å². The molecule has 36 heavy (non-hydrogen) atoms. The third kappa shape index (κ3) is 4.66. The highest BCUT2D eigenvalue weighted by atomic mass is 16.2. The lowest BCUT2D eigenvalue weighted by Gasteiger charge is -2.43. The summed E-state index contributed by atoms with van der Waals surface area (Å²) in [4.78, 5) is 33.7. The number of pyridine rings is 1. The standard InChI is InChI=1S/C29H35N5O2/c1-20(2)21-12-14-22(15-13-21)25-17-26-27(35)33(18-24-11-7-8-16-30-24)29(3,19-34(26)32-25)28(36)31-23-9-5-4-6-10-23/h7-8,11-17,20,23H,4-6,9-10,18-19H2,1-3H3,(H,31,36). The van der Waals surface area contributed by atoms with Gasteiger partial charge in [-0.2, -0.15) is 5.10 Å². The number of benzene rings is 1. The molecule has 1 aliphatic heterocycles.